The summed E-state index contributed by atoms with van der Waals surface area (Å²) in [5.41, 5.74) is 2.75. The van der Waals surface area contributed by atoms with E-state index >= 15 is 0 Å². The molecule has 1 saturated heterocycles. The Hall–Kier alpha value is -3.40. The molecule has 3 aromatic heterocycles. The third kappa shape index (κ3) is 3.62. The number of carbonyl (C=O) groups is 1. The van der Waals surface area contributed by atoms with E-state index < -0.39 is 0 Å². The van der Waals surface area contributed by atoms with Crippen molar-refractivity contribution in [2.45, 2.75) is 31.7 Å². The van der Waals surface area contributed by atoms with Crippen molar-refractivity contribution in [1.82, 2.24) is 34.4 Å². The van der Waals surface area contributed by atoms with Gasteiger partial charge in [-0.1, -0.05) is 11.6 Å². The second kappa shape index (κ2) is 8.12. The zero-order valence-electron chi connectivity index (χ0n) is 18.8. The lowest BCUT2D eigenvalue weighted by atomic mass is 10.0. The van der Waals surface area contributed by atoms with Gasteiger partial charge in [0, 0.05) is 37.7 Å². The fourth-order valence-electron chi connectivity index (χ4n) is 4.85. The smallest absolute Gasteiger partial charge is 0.326 e. The zero-order chi connectivity index (χ0) is 23.4. The van der Waals surface area contributed by atoms with Crippen LogP contribution in [0, 0.1) is 5.92 Å². The summed E-state index contributed by atoms with van der Waals surface area (Å²) in [4.78, 5) is 43.9. The van der Waals surface area contributed by atoms with E-state index in [1.165, 1.54) is 19.2 Å². The molecule has 1 aliphatic carbocycles. The molecule has 34 heavy (non-hydrogen) atoms. The maximum atomic E-state index is 12.7. The third-order valence-electron chi connectivity index (χ3n) is 6.90. The number of rotatable bonds is 5. The molecule has 176 valence electrons. The molecule has 4 heterocycles. The number of aromatic amines is 1. The monoisotopic (exact) mass is 480 g/mol. The molecule has 0 spiro atoms. The summed E-state index contributed by atoms with van der Waals surface area (Å²) in [6.45, 7) is 2.10. The van der Waals surface area contributed by atoms with Gasteiger partial charge in [0.05, 0.1) is 11.0 Å². The number of hydrogen-bond donors (Lipinski definition) is 2. The number of carbonyl (C=O) groups excluding carboxylic acids is 1. The molecule has 2 aliphatic rings. The summed E-state index contributed by atoms with van der Waals surface area (Å²) in [5.74, 6) is 1.47. The van der Waals surface area contributed by atoms with Crippen LogP contribution in [0.2, 0.25) is 5.02 Å². The SMILES string of the molecule is Cn1c(C(=O)NCC2CC2)nc2c(N3CCC(n4c(=O)[nH]c5ccc(Cl)cc54)CC3)ncnc21. The minimum atomic E-state index is -0.186. The molecule has 0 bridgehead atoms. The molecule has 10 nitrogen and oxygen atoms in total. The number of amides is 1. The van der Waals surface area contributed by atoms with Crippen molar-refractivity contribution < 1.29 is 4.79 Å². The number of anilines is 1. The number of halogens is 1. The second-order valence-corrected chi connectivity index (χ2v) is 9.63. The number of piperidine rings is 1. The number of nitrogens with one attached hydrogen (secondary N) is 2. The largest absolute Gasteiger partial charge is 0.355 e. The lowest BCUT2D eigenvalue weighted by Gasteiger charge is -2.33. The average Bonchev–Trinajstić information content (AvgIpc) is 3.53. The number of hydrogen-bond acceptors (Lipinski definition) is 6. The van der Waals surface area contributed by atoms with Crippen molar-refractivity contribution in [2.24, 2.45) is 13.0 Å². The molecule has 1 saturated carbocycles. The number of aryl methyl sites for hydroxylation is 1. The van der Waals surface area contributed by atoms with Crippen LogP contribution in [-0.2, 0) is 7.05 Å². The van der Waals surface area contributed by atoms with Gasteiger partial charge in [0.2, 0.25) is 5.82 Å². The highest BCUT2D eigenvalue weighted by Crippen LogP contribution is 2.31. The van der Waals surface area contributed by atoms with Crippen LogP contribution in [0.15, 0.2) is 29.3 Å². The molecule has 0 atom stereocenters. The highest BCUT2D eigenvalue weighted by molar-refractivity contribution is 6.31. The number of nitrogens with zero attached hydrogens (tertiary/aromatic N) is 6. The van der Waals surface area contributed by atoms with E-state index in [0.29, 0.717) is 47.6 Å². The summed E-state index contributed by atoms with van der Waals surface area (Å²) in [7, 11) is 1.80. The van der Waals surface area contributed by atoms with Gasteiger partial charge in [-0.3, -0.25) is 9.36 Å². The van der Waals surface area contributed by atoms with E-state index in [1.807, 2.05) is 16.7 Å². The van der Waals surface area contributed by atoms with E-state index in [9.17, 15) is 9.59 Å². The van der Waals surface area contributed by atoms with E-state index in [4.69, 9.17) is 11.6 Å². The molecule has 1 aromatic carbocycles. The van der Waals surface area contributed by atoms with Crippen LogP contribution >= 0.6 is 11.6 Å². The Bertz CT molecular complexity index is 1460. The van der Waals surface area contributed by atoms with Gasteiger partial charge >= 0.3 is 5.69 Å². The summed E-state index contributed by atoms with van der Waals surface area (Å²) < 4.78 is 3.54. The van der Waals surface area contributed by atoms with Crippen molar-refractivity contribution in [1.29, 1.82) is 0 Å². The number of fused-ring (bicyclic) bond motifs is 2. The van der Waals surface area contributed by atoms with Gasteiger partial charge in [-0.2, -0.15) is 0 Å². The predicted octanol–water partition coefficient (Wildman–Crippen LogP) is 2.64. The van der Waals surface area contributed by atoms with E-state index in [0.717, 1.165) is 29.7 Å². The molecule has 1 amide bonds. The van der Waals surface area contributed by atoms with Gasteiger partial charge in [0.1, 0.15) is 6.33 Å². The van der Waals surface area contributed by atoms with Gasteiger partial charge in [-0.15, -0.1) is 0 Å². The minimum Gasteiger partial charge on any atom is -0.355 e. The predicted molar refractivity (Wildman–Crippen MR) is 129 cm³/mol. The highest BCUT2D eigenvalue weighted by Gasteiger charge is 2.28. The first-order chi connectivity index (χ1) is 16.5. The van der Waals surface area contributed by atoms with Gasteiger partial charge in [0.25, 0.3) is 5.91 Å². The lowest BCUT2D eigenvalue weighted by molar-refractivity contribution is 0.0939. The molecular formula is C23H25ClN8O2. The van der Waals surface area contributed by atoms with Crippen molar-refractivity contribution in [2.75, 3.05) is 24.5 Å². The van der Waals surface area contributed by atoms with Gasteiger partial charge in [0.15, 0.2) is 17.0 Å². The first-order valence-electron chi connectivity index (χ1n) is 11.6. The molecule has 6 rings (SSSR count). The molecule has 0 radical (unpaired) electrons. The minimum absolute atomic E-state index is 0.0563. The van der Waals surface area contributed by atoms with Crippen LogP contribution in [0.25, 0.3) is 22.2 Å². The van der Waals surface area contributed by atoms with Crippen LogP contribution in [0.5, 0.6) is 0 Å². The van der Waals surface area contributed by atoms with Crippen molar-refractivity contribution in [3.63, 3.8) is 0 Å². The van der Waals surface area contributed by atoms with Gasteiger partial charge in [-0.25, -0.2) is 19.7 Å². The molecule has 1 aliphatic heterocycles. The number of imidazole rings is 2. The number of benzene rings is 1. The second-order valence-electron chi connectivity index (χ2n) is 9.20. The van der Waals surface area contributed by atoms with Gasteiger partial charge < -0.3 is 19.8 Å². The van der Waals surface area contributed by atoms with E-state index in [-0.39, 0.29) is 17.6 Å². The fraction of sp³-hybridized carbons (Fsp3) is 0.435. The van der Waals surface area contributed by atoms with E-state index in [1.54, 1.807) is 17.7 Å². The Morgan fingerprint density at radius 3 is 2.76 bits per heavy atom. The summed E-state index contributed by atoms with van der Waals surface area (Å²) in [6, 6.07) is 5.50. The topological polar surface area (TPSA) is 114 Å². The lowest BCUT2D eigenvalue weighted by Crippen LogP contribution is -2.37. The summed E-state index contributed by atoms with van der Waals surface area (Å²) in [6.07, 6.45) is 5.40. The standard InChI is InChI=1S/C23H25ClN8O2/c1-30-19-18(29-21(30)22(33)25-11-13-2-3-13)20(27-12-26-19)31-8-6-15(7-9-31)32-17-10-14(24)4-5-16(17)28-23(32)34/h4-5,10,12-13,15H,2-3,6-9,11H2,1H3,(H,25,33)(H,28,34). The Morgan fingerprint density at radius 2 is 2.00 bits per heavy atom. The van der Waals surface area contributed by atoms with Gasteiger partial charge in [-0.05, 0) is 49.8 Å². The summed E-state index contributed by atoms with van der Waals surface area (Å²) in [5, 5.41) is 3.58. The number of aromatic nitrogens is 6. The molecule has 4 aromatic rings. The van der Waals surface area contributed by atoms with Crippen molar-refractivity contribution >= 4 is 45.5 Å². The van der Waals surface area contributed by atoms with E-state index in [2.05, 4.69) is 30.2 Å². The molecule has 2 N–H and O–H groups in total. The average molecular weight is 481 g/mol. The summed E-state index contributed by atoms with van der Waals surface area (Å²) >= 11 is 6.18. The van der Waals surface area contributed by atoms with Crippen LogP contribution < -0.4 is 15.9 Å². The molecular weight excluding hydrogens is 456 g/mol. The first-order valence-corrected chi connectivity index (χ1v) is 12.0. The number of H-pyrrole nitrogens is 1. The Balaban J connectivity index is 1.25. The first kappa shape index (κ1) is 21.2. The van der Waals surface area contributed by atoms with Crippen molar-refractivity contribution in [3.8, 4) is 0 Å². The molecule has 11 heteroatoms. The van der Waals surface area contributed by atoms with Crippen LogP contribution in [0.1, 0.15) is 42.3 Å². The van der Waals surface area contributed by atoms with Crippen LogP contribution in [-0.4, -0.2) is 54.6 Å². The maximum absolute atomic E-state index is 12.7. The quantitative estimate of drug-likeness (QED) is 0.454. The van der Waals surface area contributed by atoms with Crippen LogP contribution in [0.3, 0.4) is 0 Å². The maximum Gasteiger partial charge on any atom is 0.326 e. The van der Waals surface area contributed by atoms with Crippen molar-refractivity contribution in [3.05, 3.63) is 45.9 Å². The Labute approximate surface area is 200 Å². The third-order valence-corrected chi connectivity index (χ3v) is 7.13. The Morgan fingerprint density at radius 1 is 1.21 bits per heavy atom. The van der Waals surface area contributed by atoms with Crippen LogP contribution in [0.4, 0.5) is 5.82 Å². The normalized spacial score (nSPS) is 17.1. The molecule has 2 fully saturated rings. The fourth-order valence-corrected chi connectivity index (χ4v) is 5.02. The highest BCUT2D eigenvalue weighted by atomic mass is 35.5. The molecule has 0 unspecified atom stereocenters. The zero-order valence-corrected chi connectivity index (χ0v) is 19.5. The Kier molecular flexibility index (Phi) is 5.05.